The smallest absolute Gasteiger partial charge is 0.257 e. The molecule has 0 aliphatic carbocycles. The van der Waals surface area contributed by atoms with Crippen LogP contribution in [0.5, 0.6) is 5.75 Å². The van der Waals surface area contributed by atoms with Gasteiger partial charge in [-0.15, -0.1) is 0 Å². The van der Waals surface area contributed by atoms with Crippen LogP contribution in [0.15, 0.2) is 18.2 Å². The van der Waals surface area contributed by atoms with Gasteiger partial charge in [-0.1, -0.05) is 0 Å². The monoisotopic (exact) mass is 332 g/mol. The summed E-state index contributed by atoms with van der Waals surface area (Å²) in [5.74, 6) is 0.760. The Morgan fingerprint density at radius 1 is 1.42 bits per heavy atom. The van der Waals surface area contributed by atoms with E-state index < -0.39 is 5.82 Å². The predicted octanol–water partition coefficient (Wildman–Crippen LogP) is 2.29. The van der Waals surface area contributed by atoms with E-state index in [0.29, 0.717) is 19.6 Å². The second-order valence-electron chi connectivity index (χ2n) is 6.31. The number of aromatic nitrogens is 3. The third kappa shape index (κ3) is 3.39. The van der Waals surface area contributed by atoms with Gasteiger partial charge in [0.15, 0.2) is 0 Å². The zero-order chi connectivity index (χ0) is 17.3. The molecule has 0 radical (unpaired) electrons. The summed E-state index contributed by atoms with van der Waals surface area (Å²) in [6, 6.07) is 3.49. The molecule has 1 aromatic carbocycles. The van der Waals surface area contributed by atoms with Gasteiger partial charge in [0.05, 0.1) is 5.56 Å². The topological polar surface area (TPSA) is 71.2 Å². The van der Waals surface area contributed by atoms with Crippen molar-refractivity contribution >= 4 is 5.91 Å². The predicted molar refractivity (Wildman–Crippen MR) is 86.2 cm³/mol. The minimum Gasteiger partial charge on any atom is -0.507 e. The van der Waals surface area contributed by atoms with Crippen LogP contribution in [-0.4, -0.2) is 43.8 Å². The standard InChI is InChI=1S/C17H21FN4O2/c1-11-19-12(2)22(20-11)10-13-4-3-7-21(9-13)17(24)15-6-5-14(18)8-16(15)23/h5-6,8,13,23H,3-4,7,9-10H2,1-2H3/t13-/m0/s1. The molecule has 0 saturated carbocycles. The lowest BCUT2D eigenvalue weighted by molar-refractivity contribution is 0.0656. The highest BCUT2D eigenvalue weighted by atomic mass is 19.1. The Hall–Kier alpha value is -2.44. The van der Waals surface area contributed by atoms with Gasteiger partial charge >= 0.3 is 0 Å². The normalized spacial score (nSPS) is 18.0. The lowest BCUT2D eigenvalue weighted by Crippen LogP contribution is -2.41. The molecule has 1 aliphatic heterocycles. The number of amides is 1. The SMILES string of the molecule is Cc1nc(C)n(C[C@H]2CCCN(C(=O)c3ccc(F)cc3O)C2)n1. The quantitative estimate of drug-likeness (QED) is 0.936. The summed E-state index contributed by atoms with van der Waals surface area (Å²) < 4.78 is 15.0. The van der Waals surface area contributed by atoms with Crippen LogP contribution < -0.4 is 0 Å². The number of hydrogen-bond donors (Lipinski definition) is 1. The van der Waals surface area contributed by atoms with Gasteiger partial charge in [0, 0.05) is 25.7 Å². The van der Waals surface area contributed by atoms with Crippen LogP contribution in [0.3, 0.4) is 0 Å². The number of piperidine rings is 1. The number of likely N-dealkylation sites (tertiary alicyclic amines) is 1. The summed E-state index contributed by atoms with van der Waals surface area (Å²) in [6.07, 6.45) is 1.91. The molecule has 1 aromatic heterocycles. The fourth-order valence-corrected chi connectivity index (χ4v) is 3.23. The molecule has 128 valence electrons. The van der Waals surface area contributed by atoms with Crippen molar-refractivity contribution in [1.82, 2.24) is 19.7 Å². The number of aromatic hydroxyl groups is 1. The van der Waals surface area contributed by atoms with Crippen molar-refractivity contribution in [2.24, 2.45) is 5.92 Å². The number of hydrogen-bond acceptors (Lipinski definition) is 4. The van der Waals surface area contributed by atoms with Gasteiger partial charge in [-0.25, -0.2) is 14.1 Å². The van der Waals surface area contributed by atoms with Crippen LogP contribution in [0.25, 0.3) is 0 Å². The molecule has 2 aromatic rings. The van der Waals surface area contributed by atoms with E-state index in [4.69, 9.17) is 0 Å². The van der Waals surface area contributed by atoms with Gasteiger partial charge in [0.25, 0.3) is 5.91 Å². The van der Waals surface area contributed by atoms with Crippen LogP contribution in [0.4, 0.5) is 4.39 Å². The molecule has 24 heavy (non-hydrogen) atoms. The first-order chi connectivity index (χ1) is 11.4. The van der Waals surface area contributed by atoms with Crippen molar-refractivity contribution in [2.45, 2.75) is 33.2 Å². The zero-order valence-corrected chi connectivity index (χ0v) is 13.9. The van der Waals surface area contributed by atoms with E-state index in [0.717, 1.165) is 30.6 Å². The van der Waals surface area contributed by atoms with Crippen LogP contribution in [0, 0.1) is 25.6 Å². The number of benzene rings is 1. The maximum atomic E-state index is 13.1. The average molecular weight is 332 g/mol. The molecule has 1 atom stereocenters. The molecule has 0 spiro atoms. The lowest BCUT2D eigenvalue weighted by Gasteiger charge is -2.33. The van der Waals surface area contributed by atoms with Crippen molar-refractivity contribution in [3.63, 3.8) is 0 Å². The Bertz CT molecular complexity index is 759. The highest BCUT2D eigenvalue weighted by molar-refractivity contribution is 5.96. The van der Waals surface area contributed by atoms with E-state index in [1.807, 2.05) is 18.5 Å². The number of rotatable bonds is 3. The Balaban J connectivity index is 1.71. The Morgan fingerprint density at radius 3 is 2.88 bits per heavy atom. The Labute approximate surface area is 139 Å². The molecule has 1 amide bonds. The highest BCUT2D eigenvalue weighted by Crippen LogP contribution is 2.24. The number of halogens is 1. The number of carbonyl (C=O) groups excluding carboxylic acids is 1. The number of nitrogens with zero attached hydrogens (tertiary/aromatic N) is 4. The first-order valence-electron chi connectivity index (χ1n) is 8.10. The van der Waals surface area contributed by atoms with E-state index in [9.17, 15) is 14.3 Å². The molecule has 3 rings (SSSR count). The summed E-state index contributed by atoms with van der Waals surface area (Å²) >= 11 is 0. The summed E-state index contributed by atoms with van der Waals surface area (Å²) in [7, 11) is 0. The van der Waals surface area contributed by atoms with Crippen LogP contribution >= 0.6 is 0 Å². The van der Waals surface area contributed by atoms with Crippen molar-refractivity contribution in [3.05, 3.63) is 41.2 Å². The first kappa shape index (κ1) is 16.4. The third-order valence-electron chi connectivity index (χ3n) is 4.39. The fraction of sp³-hybridized carbons (Fsp3) is 0.471. The van der Waals surface area contributed by atoms with Crippen LogP contribution in [0.2, 0.25) is 0 Å². The molecule has 0 unspecified atom stereocenters. The maximum Gasteiger partial charge on any atom is 0.257 e. The second-order valence-corrected chi connectivity index (χ2v) is 6.31. The number of phenols is 1. The van der Waals surface area contributed by atoms with E-state index in [-0.39, 0.29) is 23.1 Å². The number of phenolic OH excluding ortho intramolecular Hbond substituents is 1. The zero-order valence-electron chi connectivity index (χ0n) is 13.9. The van der Waals surface area contributed by atoms with Crippen molar-refractivity contribution < 1.29 is 14.3 Å². The van der Waals surface area contributed by atoms with Gasteiger partial charge in [-0.3, -0.25) is 4.79 Å². The summed E-state index contributed by atoms with van der Waals surface area (Å²) in [4.78, 5) is 18.6. The molecule has 0 bridgehead atoms. The minimum absolute atomic E-state index is 0.143. The van der Waals surface area contributed by atoms with Gasteiger partial charge in [0.2, 0.25) is 0 Å². The van der Waals surface area contributed by atoms with E-state index in [1.54, 1.807) is 4.90 Å². The first-order valence-corrected chi connectivity index (χ1v) is 8.10. The van der Waals surface area contributed by atoms with E-state index in [1.165, 1.54) is 12.1 Å². The molecule has 6 nitrogen and oxygen atoms in total. The fourth-order valence-electron chi connectivity index (χ4n) is 3.23. The molecule has 1 N–H and O–H groups in total. The largest absolute Gasteiger partial charge is 0.507 e. The highest BCUT2D eigenvalue weighted by Gasteiger charge is 2.26. The molecule has 1 fully saturated rings. The Kier molecular flexibility index (Phi) is 4.51. The van der Waals surface area contributed by atoms with E-state index in [2.05, 4.69) is 10.1 Å². The lowest BCUT2D eigenvalue weighted by atomic mass is 9.97. The van der Waals surface area contributed by atoms with Crippen molar-refractivity contribution in [3.8, 4) is 5.75 Å². The van der Waals surface area contributed by atoms with Gasteiger partial charge < -0.3 is 10.0 Å². The van der Waals surface area contributed by atoms with Gasteiger partial charge in [0.1, 0.15) is 23.2 Å². The summed E-state index contributed by atoms with van der Waals surface area (Å²) in [5.41, 5.74) is 0.143. The molecule has 2 heterocycles. The summed E-state index contributed by atoms with van der Waals surface area (Å²) in [5, 5.41) is 14.2. The number of carbonyl (C=O) groups is 1. The summed E-state index contributed by atoms with van der Waals surface area (Å²) in [6.45, 7) is 5.72. The molecular formula is C17H21FN4O2. The van der Waals surface area contributed by atoms with Gasteiger partial charge in [-0.05, 0) is 44.7 Å². The third-order valence-corrected chi connectivity index (χ3v) is 4.39. The van der Waals surface area contributed by atoms with Gasteiger partial charge in [-0.2, -0.15) is 5.10 Å². The minimum atomic E-state index is -0.558. The van der Waals surface area contributed by atoms with Crippen molar-refractivity contribution in [1.29, 1.82) is 0 Å². The maximum absolute atomic E-state index is 13.1. The van der Waals surface area contributed by atoms with Crippen LogP contribution in [-0.2, 0) is 6.54 Å². The second kappa shape index (κ2) is 6.59. The molecular weight excluding hydrogens is 311 g/mol. The van der Waals surface area contributed by atoms with Crippen molar-refractivity contribution in [2.75, 3.05) is 13.1 Å². The average Bonchev–Trinajstić information content (AvgIpc) is 2.84. The van der Waals surface area contributed by atoms with Crippen LogP contribution in [0.1, 0.15) is 34.8 Å². The molecule has 1 saturated heterocycles. The van der Waals surface area contributed by atoms with E-state index >= 15 is 0 Å². The molecule has 7 heteroatoms. The number of aryl methyl sites for hydroxylation is 2. The Morgan fingerprint density at radius 2 is 2.21 bits per heavy atom. The molecule has 1 aliphatic rings.